The molecule has 3 aromatic carbocycles. The maximum Gasteiger partial charge on any atom is 0.361 e. The van der Waals surface area contributed by atoms with Gasteiger partial charge in [-0.2, -0.15) is 0 Å². The summed E-state index contributed by atoms with van der Waals surface area (Å²) < 4.78 is 6.20. The average molecular weight is 445 g/mol. The normalized spacial score (nSPS) is 10.2. The number of aliphatic hydroxyl groups excluding tert-OH is 1. The smallest absolute Gasteiger partial charge is 0.361 e. The van der Waals surface area contributed by atoms with Gasteiger partial charge in [0.1, 0.15) is 0 Å². The molecule has 0 radical (unpaired) electrons. The molecular weight excluding hydrogens is 427 g/mol. The predicted octanol–water partition coefficient (Wildman–Crippen LogP) is 8.13. The zero-order valence-electron chi connectivity index (χ0n) is 15.6. The van der Waals surface area contributed by atoms with Crippen LogP contribution in [-0.4, -0.2) is 12.2 Å². The molecule has 1 N–H and O–H groups in total. The summed E-state index contributed by atoms with van der Waals surface area (Å²) in [7, 11) is 1.00. The molecule has 0 aliphatic rings. The van der Waals surface area contributed by atoms with Crippen molar-refractivity contribution >= 4 is 34.8 Å². The molecule has 146 valence electrons. The van der Waals surface area contributed by atoms with E-state index in [-0.39, 0.29) is 0 Å². The lowest BCUT2D eigenvalue weighted by atomic mass is 10.0. The maximum atomic E-state index is 7.00. The fourth-order valence-electron chi connectivity index (χ4n) is 2.82. The van der Waals surface area contributed by atoms with E-state index in [4.69, 9.17) is 44.3 Å². The first kappa shape index (κ1) is 21.4. The van der Waals surface area contributed by atoms with Gasteiger partial charge in [0, 0.05) is 27.7 Å². The van der Waals surface area contributed by atoms with Crippen LogP contribution in [0.3, 0.4) is 0 Å². The van der Waals surface area contributed by atoms with Gasteiger partial charge in [0.15, 0.2) is 0 Å². The number of benzene rings is 3. The summed E-state index contributed by atoms with van der Waals surface area (Å²) >= 11 is 18.1. The van der Waals surface area contributed by atoms with E-state index in [9.17, 15) is 0 Å². The van der Waals surface area contributed by atoms with Crippen molar-refractivity contribution in [3.8, 4) is 33.8 Å². The Morgan fingerprint density at radius 1 is 0.483 bits per heavy atom. The maximum absolute atomic E-state index is 7.00. The highest BCUT2D eigenvalue weighted by Gasteiger charge is 2.20. The van der Waals surface area contributed by atoms with E-state index in [2.05, 4.69) is 0 Å². The van der Waals surface area contributed by atoms with Crippen LogP contribution in [0, 0.1) is 0 Å². The molecule has 0 saturated carbocycles. The second-order valence-corrected chi connectivity index (χ2v) is 7.40. The van der Waals surface area contributed by atoms with E-state index in [0.717, 1.165) is 40.9 Å². The van der Waals surface area contributed by atoms with Gasteiger partial charge in [0.05, 0.1) is 23.3 Å². The number of aliphatic hydroxyl groups is 1. The van der Waals surface area contributed by atoms with Gasteiger partial charge in [0.2, 0.25) is 0 Å². The van der Waals surface area contributed by atoms with Crippen molar-refractivity contribution in [1.29, 1.82) is 0 Å². The van der Waals surface area contributed by atoms with Crippen LogP contribution in [0.4, 0.5) is 0 Å². The van der Waals surface area contributed by atoms with Gasteiger partial charge in [-0.3, -0.25) is 0 Å². The van der Waals surface area contributed by atoms with Crippen molar-refractivity contribution < 1.29 is 9.52 Å². The molecule has 0 spiro atoms. The fraction of sp³-hybridized carbons (Fsp3) is 0.0417. The molecule has 0 fully saturated rings. The van der Waals surface area contributed by atoms with Gasteiger partial charge in [-0.15, -0.1) is 0 Å². The molecule has 1 heterocycles. The fourth-order valence-corrected chi connectivity index (χ4v) is 3.20. The van der Waals surface area contributed by atoms with Gasteiger partial charge in [-0.05, 0) is 66.2 Å². The summed E-state index contributed by atoms with van der Waals surface area (Å²) in [5.74, 6) is 1.51. The van der Waals surface area contributed by atoms with E-state index in [0.29, 0.717) is 15.1 Å². The molecule has 4 rings (SSSR count). The van der Waals surface area contributed by atoms with Gasteiger partial charge in [-0.1, -0.05) is 46.9 Å². The zero-order chi connectivity index (χ0) is 20.8. The SMILES string of the molecule is CO.Clc1ccc(-c2cc(-c3ccc(Cl)cc3)[o+]c(-c3ccc(Cl)cc3)c2)cc1. The number of halogens is 3. The minimum atomic E-state index is 0.686. The lowest BCUT2D eigenvalue weighted by molar-refractivity contribution is 0.399. The Morgan fingerprint density at radius 2 is 0.793 bits per heavy atom. The Bertz CT molecular complexity index is 921. The van der Waals surface area contributed by atoms with Crippen molar-refractivity contribution in [3.63, 3.8) is 0 Å². The van der Waals surface area contributed by atoms with Crippen molar-refractivity contribution in [2.45, 2.75) is 0 Å². The number of hydrogen-bond acceptors (Lipinski definition) is 1. The van der Waals surface area contributed by atoms with E-state index >= 15 is 0 Å². The Hall–Kier alpha value is -2.36. The highest BCUT2D eigenvalue weighted by molar-refractivity contribution is 6.31. The number of hydrogen-bond donors (Lipinski definition) is 1. The standard InChI is InChI=1S/C23H14Cl3O.CH4O/c24-19-7-1-15(2-8-19)18-13-22(16-3-9-20(25)10-4-16)27-23(14-18)17-5-11-21(26)12-6-17;1-2/h1-14H;2H,1H3/q+1;. The molecule has 4 aromatic rings. The van der Waals surface area contributed by atoms with E-state index in [1.807, 2.05) is 84.9 Å². The van der Waals surface area contributed by atoms with Crippen LogP contribution in [0.15, 0.2) is 89.3 Å². The van der Waals surface area contributed by atoms with Crippen LogP contribution in [0.5, 0.6) is 0 Å². The Kier molecular flexibility index (Phi) is 7.29. The molecule has 29 heavy (non-hydrogen) atoms. The van der Waals surface area contributed by atoms with Gasteiger partial charge in [0.25, 0.3) is 0 Å². The highest BCUT2D eigenvalue weighted by atomic mass is 35.5. The molecule has 0 unspecified atom stereocenters. The van der Waals surface area contributed by atoms with Crippen LogP contribution >= 0.6 is 34.8 Å². The zero-order valence-corrected chi connectivity index (χ0v) is 17.8. The third-order valence-electron chi connectivity index (χ3n) is 4.23. The molecule has 0 aliphatic heterocycles. The first-order valence-electron chi connectivity index (χ1n) is 8.79. The second kappa shape index (κ2) is 9.91. The lowest BCUT2D eigenvalue weighted by Gasteiger charge is -2.03. The third-order valence-corrected chi connectivity index (χ3v) is 4.98. The van der Waals surface area contributed by atoms with E-state index < -0.39 is 0 Å². The minimum absolute atomic E-state index is 0.686. The number of rotatable bonds is 3. The Balaban J connectivity index is 0.00000117. The Labute approximate surface area is 184 Å². The monoisotopic (exact) mass is 443 g/mol. The molecule has 0 atom stereocenters. The first-order valence-corrected chi connectivity index (χ1v) is 9.93. The van der Waals surface area contributed by atoms with Crippen molar-refractivity contribution in [1.82, 2.24) is 0 Å². The summed E-state index contributed by atoms with van der Waals surface area (Å²) in [6.45, 7) is 0. The molecule has 2 nitrogen and oxygen atoms in total. The van der Waals surface area contributed by atoms with Crippen LogP contribution < -0.4 is 0 Å². The highest BCUT2D eigenvalue weighted by Crippen LogP contribution is 2.34. The van der Waals surface area contributed by atoms with Crippen LogP contribution in [0.1, 0.15) is 0 Å². The van der Waals surface area contributed by atoms with E-state index in [1.54, 1.807) is 0 Å². The van der Waals surface area contributed by atoms with Crippen molar-refractivity contribution in [3.05, 3.63) is 100.0 Å². The molecule has 5 heteroatoms. The van der Waals surface area contributed by atoms with Crippen LogP contribution in [0.2, 0.25) is 15.1 Å². The molecule has 0 aliphatic carbocycles. The van der Waals surface area contributed by atoms with Gasteiger partial charge < -0.3 is 5.11 Å². The summed E-state index contributed by atoms with van der Waals surface area (Å²) in [5, 5.41) is 9.08. The second-order valence-electron chi connectivity index (χ2n) is 6.10. The quantitative estimate of drug-likeness (QED) is 0.323. The summed E-state index contributed by atoms with van der Waals surface area (Å²) in [4.78, 5) is 0. The molecule has 0 saturated heterocycles. The first-order chi connectivity index (χ1) is 14.1. The van der Waals surface area contributed by atoms with Crippen LogP contribution in [0.25, 0.3) is 33.8 Å². The summed E-state index contributed by atoms with van der Waals surface area (Å²) in [6, 6.07) is 27.0. The summed E-state index contributed by atoms with van der Waals surface area (Å²) in [6.07, 6.45) is 0. The van der Waals surface area contributed by atoms with Crippen molar-refractivity contribution in [2.75, 3.05) is 7.11 Å². The topological polar surface area (TPSA) is 31.5 Å². The predicted molar refractivity (Wildman–Crippen MR) is 123 cm³/mol. The molecular formula is C24H18Cl3O2+. The third kappa shape index (κ3) is 5.37. The largest absolute Gasteiger partial charge is 0.400 e. The van der Waals surface area contributed by atoms with Gasteiger partial charge >= 0.3 is 11.5 Å². The average Bonchev–Trinajstić information content (AvgIpc) is 2.76. The lowest BCUT2D eigenvalue weighted by Crippen LogP contribution is -1.86. The van der Waals surface area contributed by atoms with Gasteiger partial charge in [-0.25, -0.2) is 4.42 Å². The Morgan fingerprint density at radius 3 is 1.14 bits per heavy atom. The summed E-state index contributed by atoms with van der Waals surface area (Å²) in [5.41, 5.74) is 3.99. The van der Waals surface area contributed by atoms with E-state index in [1.165, 1.54) is 0 Å². The minimum Gasteiger partial charge on any atom is -0.400 e. The molecule has 0 amide bonds. The molecule has 0 bridgehead atoms. The van der Waals surface area contributed by atoms with Crippen LogP contribution in [-0.2, 0) is 0 Å². The van der Waals surface area contributed by atoms with Crippen molar-refractivity contribution in [2.24, 2.45) is 0 Å². The molecule has 1 aromatic heterocycles.